The number of nitrogens with zero attached hydrogens (tertiary/aromatic N) is 1. The number of rotatable bonds is 4. The first-order valence-electron chi connectivity index (χ1n) is 8.05. The van der Waals surface area contributed by atoms with Crippen molar-refractivity contribution in [3.05, 3.63) is 88.7 Å². The molecule has 0 atom stereocenters. The van der Waals surface area contributed by atoms with Gasteiger partial charge in [0, 0.05) is 29.2 Å². The predicted octanol–water partition coefficient (Wildman–Crippen LogP) is 4.89. The molecule has 4 heteroatoms. The third kappa shape index (κ3) is 3.16. The number of hydrogen-bond acceptors (Lipinski definition) is 3. The quantitative estimate of drug-likeness (QED) is 0.572. The molecule has 1 N–H and O–H groups in total. The molecule has 1 amide bonds. The minimum atomic E-state index is -0.0723. The van der Waals surface area contributed by atoms with E-state index in [0.29, 0.717) is 12.1 Å². The van der Waals surface area contributed by atoms with E-state index in [4.69, 9.17) is 0 Å². The first-order chi connectivity index (χ1) is 12.3. The van der Waals surface area contributed by atoms with Crippen molar-refractivity contribution in [3.63, 3.8) is 0 Å². The van der Waals surface area contributed by atoms with E-state index >= 15 is 0 Å². The van der Waals surface area contributed by atoms with Gasteiger partial charge >= 0.3 is 0 Å². The van der Waals surface area contributed by atoms with E-state index in [1.54, 1.807) is 17.5 Å². The van der Waals surface area contributed by atoms with Crippen LogP contribution in [0.1, 0.15) is 15.9 Å². The zero-order valence-corrected chi connectivity index (χ0v) is 14.3. The van der Waals surface area contributed by atoms with Gasteiger partial charge in [0.25, 0.3) is 5.91 Å². The van der Waals surface area contributed by atoms with Gasteiger partial charge in [-0.1, -0.05) is 42.5 Å². The first kappa shape index (κ1) is 15.5. The third-order valence-electron chi connectivity index (χ3n) is 4.16. The molecule has 0 aliphatic rings. The average molecular weight is 344 g/mol. The predicted molar refractivity (Wildman–Crippen MR) is 103 cm³/mol. The molecule has 0 unspecified atom stereocenters. The first-order valence-corrected chi connectivity index (χ1v) is 8.99. The Morgan fingerprint density at radius 3 is 2.76 bits per heavy atom. The number of thiophene rings is 1. The van der Waals surface area contributed by atoms with Crippen LogP contribution in [0.15, 0.2) is 77.6 Å². The van der Waals surface area contributed by atoms with Gasteiger partial charge in [-0.15, -0.1) is 0 Å². The van der Waals surface area contributed by atoms with Gasteiger partial charge in [0.1, 0.15) is 0 Å². The number of carbonyl (C=O) groups is 1. The molecule has 0 fully saturated rings. The van der Waals surface area contributed by atoms with Crippen LogP contribution in [0.4, 0.5) is 0 Å². The highest BCUT2D eigenvalue weighted by molar-refractivity contribution is 7.08. The Kier molecular flexibility index (Phi) is 4.27. The second kappa shape index (κ2) is 6.87. The molecule has 4 aromatic rings. The zero-order chi connectivity index (χ0) is 17.1. The normalized spacial score (nSPS) is 10.7. The largest absolute Gasteiger partial charge is 0.348 e. The van der Waals surface area contributed by atoms with E-state index in [1.807, 2.05) is 66.0 Å². The van der Waals surface area contributed by atoms with Crippen molar-refractivity contribution in [1.82, 2.24) is 10.3 Å². The van der Waals surface area contributed by atoms with Gasteiger partial charge in [0.15, 0.2) is 0 Å². The van der Waals surface area contributed by atoms with E-state index in [9.17, 15) is 4.79 Å². The third-order valence-corrected chi connectivity index (χ3v) is 4.84. The van der Waals surface area contributed by atoms with Crippen LogP contribution in [0, 0.1) is 0 Å². The molecule has 0 saturated heterocycles. The fourth-order valence-corrected chi connectivity index (χ4v) is 3.58. The van der Waals surface area contributed by atoms with Crippen LogP contribution in [-0.4, -0.2) is 10.9 Å². The van der Waals surface area contributed by atoms with Gasteiger partial charge in [-0.3, -0.25) is 9.78 Å². The Balaban J connectivity index is 1.59. The lowest BCUT2D eigenvalue weighted by Gasteiger charge is -2.10. The molecule has 0 saturated carbocycles. The summed E-state index contributed by atoms with van der Waals surface area (Å²) < 4.78 is 0. The van der Waals surface area contributed by atoms with Gasteiger partial charge in [0.05, 0.1) is 5.69 Å². The molecular weight excluding hydrogens is 328 g/mol. The number of hydrogen-bond donors (Lipinski definition) is 1. The Bertz CT molecular complexity index is 1020. The molecule has 4 rings (SSSR count). The topological polar surface area (TPSA) is 42.0 Å². The Morgan fingerprint density at radius 2 is 1.88 bits per heavy atom. The van der Waals surface area contributed by atoms with Gasteiger partial charge in [-0.2, -0.15) is 11.3 Å². The smallest absolute Gasteiger partial charge is 0.252 e. The number of pyridine rings is 1. The fraction of sp³-hybridized carbons (Fsp3) is 0.0476. The summed E-state index contributed by atoms with van der Waals surface area (Å²) in [5, 5.41) is 9.16. The van der Waals surface area contributed by atoms with Gasteiger partial charge in [-0.05, 0) is 39.9 Å². The molecule has 2 heterocycles. The minimum absolute atomic E-state index is 0.0723. The molecule has 0 spiro atoms. The van der Waals surface area contributed by atoms with Crippen LogP contribution in [0.3, 0.4) is 0 Å². The summed E-state index contributed by atoms with van der Waals surface area (Å²) in [6.07, 6.45) is 1.78. The van der Waals surface area contributed by atoms with Crippen molar-refractivity contribution in [3.8, 4) is 11.3 Å². The number of nitrogens with one attached hydrogen (secondary N) is 1. The second-order valence-corrected chi connectivity index (χ2v) is 6.51. The molecule has 2 aromatic carbocycles. The molecule has 25 heavy (non-hydrogen) atoms. The van der Waals surface area contributed by atoms with Crippen LogP contribution in [-0.2, 0) is 6.54 Å². The maximum atomic E-state index is 12.7. The summed E-state index contributed by atoms with van der Waals surface area (Å²) in [4.78, 5) is 17.2. The van der Waals surface area contributed by atoms with E-state index < -0.39 is 0 Å². The standard InChI is InChI=1S/C21H16N2OS/c24-21(19-9-3-6-15-5-1-2-8-18(15)19)23-13-16-7-4-11-22-20(16)17-10-12-25-14-17/h1-12,14H,13H2,(H,23,24). The molecule has 0 bridgehead atoms. The summed E-state index contributed by atoms with van der Waals surface area (Å²) in [5.41, 5.74) is 3.70. The van der Waals surface area contributed by atoms with Gasteiger partial charge < -0.3 is 5.32 Å². The maximum absolute atomic E-state index is 12.7. The van der Waals surface area contributed by atoms with E-state index in [-0.39, 0.29) is 5.91 Å². The average Bonchev–Trinajstić information content (AvgIpc) is 3.20. The molecule has 2 aromatic heterocycles. The number of benzene rings is 2. The lowest BCUT2D eigenvalue weighted by atomic mass is 10.0. The molecule has 0 radical (unpaired) electrons. The minimum Gasteiger partial charge on any atom is -0.348 e. The van der Waals surface area contributed by atoms with Crippen LogP contribution in [0.25, 0.3) is 22.0 Å². The van der Waals surface area contributed by atoms with Crippen molar-refractivity contribution in [1.29, 1.82) is 0 Å². The second-order valence-electron chi connectivity index (χ2n) is 5.73. The van der Waals surface area contributed by atoms with Crippen molar-refractivity contribution >= 4 is 28.0 Å². The Hall–Kier alpha value is -2.98. The zero-order valence-electron chi connectivity index (χ0n) is 13.5. The van der Waals surface area contributed by atoms with Crippen molar-refractivity contribution in [2.45, 2.75) is 6.54 Å². The number of aromatic nitrogens is 1. The van der Waals surface area contributed by atoms with Crippen molar-refractivity contribution < 1.29 is 4.79 Å². The number of fused-ring (bicyclic) bond motifs is 1. The lowest BCUT2D eigenvalue weighted by molar-refractivity contribution is 0.0952. The van der Waals surface area contributed by atoms with Crippen LogP contribution < -0.4 is 5.32 Å². The molecule has 0 aliphatic carbocycles. The Morgan fingerprint density at radius 1 is 1.00 bits per heavy atom. The summed E-state index contributed by atoms with van der Waals surface area (Å²) in [6.45, 7) is 0.446. The summed E-state index contributed by atoms with van der Waals surface area (Å²) in [7, 11) is 0. The highest BCUT2D eigenvalue weighted by Gasteiger charge is 2.11. The summed E-state index contributed by atoms with van der Waals surface area (Å²) >= 11 is 1.64. The van der Waals surface area contributed by atoms with Gasteiger partial charge in [-0.25, -0.2) is 0 Å². The van der Waals surface area contributed by atoms with Crippen LogP contribution in [0.2, 0.25) is 0 Å². The maximum Gasteiger partial charge on any atom is 0.252 e. The SMILES string of the molecule is O=C(NCc1cccnc1-c1ccsc1)c1cccc2ccccc12. The Labute approximate surface area is 150 Å². The van der Waals surface area contributed by atoms with E-state index in [2.05, 4.69) is 15.7 Å². The van der Waals surface area contributed by atoms with Crippen LogP contribution >= 0.6 is 11.3 Å². The molecule has 0 aliphatic heterocycles. The highest BCUT2D eigenvalue weighted by Crippen LogP contribution is 2.24. The van der Waals surface area contributed by atoms with Crippen LogP contribution in [0.5, 0.6) is 0 Å². The van der Waals surface area contributed by atoms with Crippen molar-refractivity contribution in [2.75, 3.05) is 0 Å². The molecule has 122 valence electrons. The number of carbonyl (C=O) groups excluding carboxylic acids is 1. The highest BCUT2D eigenvalue weighted by atomic mass is 32.1. The monoisotopic (exact) mass is 344 g/mol. The summed E-state index contributed by atoms with van der Waals surface area (Å²) in [6, 6.07) is 19.7. The molecular formula is C21H16N2OS. The fourth-order valence-electron chi connectivity index (χ4n) is 2.93. The lowest BCUT2D eigenvalue weighted by Crippen LogP contribution is -2.23. The van der Waals surface area contributed by atoms with E-state index in [0.717, 1.165) is 27.6 Å². The molecule has 3 nitrogen and oxygen atoms in total. The van der Waals surface area contributed by atoms with Gasteiger partial charge in [0.2, 0.25) is 0 Å². The summed E-state index contributed by atoms with van der Waals surface area (Å²) in [5.74, 6) is -0.0723. The van der Waals surface area contributed by atoms with Crippen molar-refractivity contribution in [2.24, 2.45) is 0 Å². The van der Waals surface area contributed by atoms with E-state index in [1.165, 1.54) is 0 Å². The number of amides is 1.